The van der Waals surface area contributed by atoms with Crippen molar-refractivity contribution < 1.29 is 14.0 Å². The van der Waals surface area contributed by atoms with Crippen LogP contribution in [0, 0.1) is 5.82 Å². The number of halogens is 2. The fourth-order valence-corrected chi connectivity index (χ4v) is 2.75. The van der Waals surface area contributed by atoms with Crippen molar-refractivity contribution in [1.82, 2.24) is 10.2 Å². The number of amides is 2. The Bertz CT molecular complexity index is 574. The second kappa shape index (κ2) is 8.26. The van der Waals surface area contributed by atoms with E-state index in [-0.39, 0.29) is 16.8 Å². The zero-order chi connectivity index (χ0) is 16.8. The van der Waals surface area contributed by atoms with E-state index < -0.39 is 17.6 Å². The third kappa shape index (κ3) is 5.18. The van der Waals surface area contributed by atoms with Crippen molar-refractivity contribution in [1.29, 1.82) is 0 Å². The van der Waals surface area contributed by atoms with Crippen LogP contribution in [-0.4, -0.2) is 42.4 Å². The first-order valence-corrected chi connectivity index (χ1v) is 8.16. The lowest BCUT2D eigenvalue weighted by Gasteiger charge is -2.31. The van der Waals surface area contributed by atoms with E-state index in [2.05, 4.69) is 22.5 Å². The molecule has 0 saturated carbocycles. The molecule has 1 aliphatic heterocycles. The van der Waals surface area contributed by atoms with Gasteiger partial charge in [-0.05, 0) is 44.0 Å². The van der Waals surface area contributed by atoms with Crippen molar-refractivity contribution in [3.63, 3.8) is 0 Å². The molecule has 0 aromatic heterocycles. The lowest BCUT2D eigenvalue weighted by atomic mass is 10.0. The molecule has 0 atom stereocenters. The first-order chi connectivity index (χ1) is 11.0. The Labute approximate surface area is 140 Å². The number of piperidine rings is 1. The molecule has 1 saturated heterocycles. The van der Waals surface area contributed by atoms with Crippen molar-refractivity contribution >= 4 is 29.1 Å². The lowest BCUT2D eigenvalue weighted by molar-refractivity contribution is -0.136. The van der Waals surface area contributed by atoms with E-state index in [4.69, 9.17) is 11.6 Å². The maximum atomic E-state index is 13.3. The summed E-state index contributed by atoms with van der Waals surface area (Å²) >= 11 is 5.57. The van der Waals surface area contributed by atoms with E-state index in [1.54, 1.807) is 0 Å². The van der Waals surface area contributed by atoms with E-state index in [9.17, 15) is 14.0 Å². The Morgan fingerprint density at radius 1 is 1.30 bits per heavy atom. The summed E-state index contributed by atoms with van der Waals surface area (Å²) in [7, 11) is 0. The molecule has 5 nitrogen and oxygen atoms in total. The van der Waals surface area contributed by atoms with E-state index in [1.807, 2.05) is 0 Å². The van der Waals surface area contributed by atoms with Gasteiger partial charge in [-0.15, -0.1) is 0 Å². The Hall–Kier alpha value is -1.66. The van der Waals surface area contributed by atoms with E-state index >= 15 is 0 Å². The van der Waals surface area contributed by atoms with Crippen LogP contribution in [0.15, 0.2) is 18.2 Å². The van der Waals surface area contributed by atoms with Gasteiger partial charge in [-0.3, -0.25) is 9.59 Å². The SMILES string of the molecule is CCCN1CCC(NC(=O)C(=O)Nc2ccc(Cl)c(F)c2)CC1. The monoisotopic (exact) mass is 341 g/mol. The Morgan fingerprint density at radius 2 is 2.00 bits per heavy atom. The van der Waals surface area contributed by atoms with Gasteiger partial charge in [0.05, 0.1) is 5.02 Å². The first kappa shape index (κ1) is 17.7. The van der Waals surface area contributed by atoms with Crippen molar-refractivity contribution in [3.05, 3.63) is 29.0 Å². The van der Waals surface area contributed by atoms with E-state index in [0.29, 0.717) is 0 Å². The molecule has 23 heavy (non-hydrogen) atoms. The minimum absolute atomic E-state index is 0.00306. The third-order valence-electron chi connectivity index (χ3n) is 3.85. The number of nitrogens with zero attached hydrogens (tertiary/aromatic N) is 1. The molecule has 7 heteroatoms. The van der Waals surface area contributed by atoms with Gasteiger partial charge in [0.1, 0.15) is 5.82 Å². The Morgan fingerprint density at radius 3 is 2.61 bits per heavy atom. The summed E-state index contributed by atoms with van der Waals surface area (Å²) in [6.07, 6.45) is 2.76. The summed E-state index contributed by atoms with van der Waals surface area (Å²) in [6, 6.07) is 3.85. The van der Waals surface area contributed by atoms with Gasteiger partial charge in [0.2, 0.25) is 0 Å². The highest BCUT2D eigenvalue weighted by Crippen LogP contribution is 2.18. The number of hydrogen-bond donors (Lipinski definition) is 2. The summed E-state index contributed by atoms with van der Waals surface area (Å²) < 4.78 is 13.3. The second-order valence-electron chi connectivity index (χ2n) is 5.67. The number of nitrogens with one attached hydrogen (secondary N) is 2. The largest absolute Gasteiger partial charge is 0.345 e. The molecule has 0 aliphatic carbocycles. The summed E-state index contributed by atoms with van der Waals surface area (Å²) in [5, 5.41) is 5.06. The molecule has 0 radical (unpaired) electrons. The number of anilines is 1. The fraction of sp³-hybridized carbons (Fsp3) is 0.500. The summed E-state index contributed by atoms with van der Waals surface area (Å²) in [4.78, 5) is 26.1. The zero-order valence-electron chi connectivity index (χ0n) is 13.1. The highest BCUT2D eigenvalue weighted by atomic mass is 35.5. The third-order valence-corrected chi connectivity index (χ3v) is 4.15. The van der Waals surface area contributed by atoms with Crippen LogP contribution < -0.4 is 10.6 Å². The number of likely N-dealkylation sites (tertiary alicyclic amines) is 1. The minimum atomic E-state index is -0.803. The molecule has 0 bridgehead atoms. The topological polar surface area (TPSA) is 61.4 Å². The van der Waals surface area contributed by atoms with Crippen molar-refractivity contribution in [3.8, 4) is 0 Å². The maximum absolute atomic E-state index is 13.3. The minimum Gasteiger partial charge on any atom is -0.345 e. The van der Waals surface area contributed by atoms with Crippen molar-refractivity contribution in [2.75, 3.05) is 25.0 Å². The van der Waals surface area contributed by atoms with Gasteiger partial charge in [-0.25, -0.2) is 4.39 Å². The van der Waals surface area contributed by atoms with Crippen LogP contribution in [0.2, 0.25) is 5.02 Å². The van der Waals surface area contributed by atoms with Crippen LogP contribution in [0.25, 0.3) is 0 Å². The average Bonchev–Trinajstić information content (AvgIpc) is 2.53. The zero-order valence-corrected chi connectivity index (χ0v) is 13.8. The molecule has 1 fully saturated rings. The number of carbonyl (C=O) groups excluding carboxylic acids is 2. The van der Waals surface area contributed by atoms with E-state index in [1.165, 1.54) is 12.1 Å². The molecule has 1 aromatic carbocycles. The molecule has 2 N–H and O–H groups in total. The van der Waals surface area contributed by atoms with E-state index in [0.717, 1.165) is 45.0 Å². The predicted octanol–water partition coefficient (Wildman–Crippen LogP) is 2.41. The van der Waals surface area contributed by atoms with Crippen molar-refractivity contribution in [2.24, 2.45) is 0 Å². The quantitative estimate of drug-likeness (QED) is 0.827. The van der Waals surface area contributed by atoms with Crippen LogP contribution in [0.3, 0.4) is 0 Å². The Kier molecular flexibility index (Phi) is 6.36. The molecule has 2 rings (SSSR count). The number of benzene rings is 1. The van der Waals surface area contributed by atoms with Gasteiger partial charge >= 0.3 is 11.8 Å². The first-order valence-electron chi connectivity index (χ1n) is 7.79. The van der Waals surface area contributed by atoms with Gasteiger partial charge in [-0.1, -0.05) is 18.5 Å². The maximum Gasteiger partial charge on any atom is 0.313 e. The van der Waals surface area contributed by atoms with Crippen LogP contribution in [-0.2, 0) is 9.59 Å². The van der Waals surface area contributed by atoms with Crippen LogP contribution in [0.4, 0.5) is 10.1 Å². The van der Waals surface area contributed by atoms with Crippen LogP contribution in [0.5, 0.6) is 0 Å². The summed E-state index contributed by atoms with van der Waals surface area (Å²) in [6.45, 7) is 5.03. The van der Waals surface area contributed by atoms with Crippen LogP contribution >= 0.6 is 11.6 Å². The van der Waals surface area contributed by atoms with Gasteiger partial charge in [0.15, 0.2) is 0 Å². The van der Waals surface area contributed by atoms with Gasteiger partial charge in [-0.2, -0.15) is 0 Å². The molecule has 1 heterocycles. The summed E-state index contributed by atoms with van der Waals surface area (Å²) in [5.41, 5.74) is 0.199. The summed E-state index contributed by atoms with van der Waals surface area (Å²) in [5.74, 6) is -2.15. The second-order valence-corrected chi connectivity index (χ2v) is 6.08. The molecule has 126 valence electrons. The Balaban J connectivity index is 1.81. The molecule has 0 unspecified atom stereocenters. The van der Waals surface area contributed by atoms with Gasteiger partial charge in [0.25, 0.3) is 0 Å². The standard InChI is InChI=1S/C16H21ClFN3O2/c1-2-7-21-8-5-11(6-9-21)19-15(22)16(23)20-12-3-4-13(17)14(18)10-12/h3-4,10-11H,2,5-9H2,1H3,(H,19,22)(H,20,23). The molecule has 1 aromatic rings. The number of rotatable bonds is 4. The fourth-order valence-electron chi connectivity index (χ4n) is 2.63. The molecular weight excluding hydrogens is 321 g/mol. The van der Waals surface area contributed by atoms with Crippen LogP contribution in [0.1, 0.15) is 26.2 Å². The number of hydrogen-bond acceptors (Lipinski definition) is 3. The van der Waals surface area contributed by atoms with Gasteiger partial charge in [0, 0.05) is 24.8 Å². The molecule has 0 spiro atoms. The normalized spacial score (nSPS) is 16.1. The average molecular weight is 342 g/mol. The molecule has 2 amide bonds. The van der Waals surface area contributed by atoms with Gasteiger partial charge < -0.3 is 15.5 Å². The molecule has 1 aliphatic rings. The predicted molar refractivity (Wildman–Crippen MR) is 87.9 cm³/mol. The van der Waals surface area contributed by atoms with Crippen molar-refractivity contribution in [2.45, 2.75) is 32.2 Å². The smallest absolute Gasteiger partial charge is 0.313 e. The number of carbonyl (C=O) groups is 2. The molecular formula is C16H21ClFN3O2. The highest BCUT2D eigenvalue weighted by Gasteiger charge is 2.23. The lowest BCUT2D eigenvalue weighted by Crippen LogP contribution is -2.47. The highest BCUT2D eigenvalue weighted by molar-refractivity contribution is 6.39.